The van der Waals surface area contributed by atoms with Crippen molar-refractivity contribution in [1.82, 2.24) is 10.2 Å². The molecule has 0 aliphatic carbocycles. The summed E-state index contributed by atoms with van der Waals surface area (Å²) >= 11 is 0. The van der Waals surface area contributed by atoms with Gasteiger partial charge in [-0.2, -0.15) is 0 Å². The number of ether oxygens (including phenoxy) is 1. The Balaban J connectivity index is 4.20. The van der Waals surface area contributed by atoms with E-state index in [4.69, 9.17) is 10.5 Å². The van der Waals surface area contributed by atoms with Crippen molar-refractivity contribution in [3.8, 4) is 0 Å². The van der Waals surface area contributed by atoms with Crippen LogP contribution in [-0.2, 0) is 9.53 Å². The molecule has 0 saturated heterocycles. The maximum atomic E-state index is 11.7. The second-order valence-corrected chi connectivity index (χ2v) is 4.64. The highest BCUT2D eigenvalue weighted by atomic mass is 16.5. The molecule has 0 aromatic carbocycles. The Bertz CT molecular complexity index is 222. The highest BCUT2D eigenvalue weighted by Crippen LogP contribution is 2.03. The van der Waals surface area contributed by atoms with Crippen molar-refractivity contribution in [2.75, 3.05) is 32.8 Å². The average Bonchev–Trinajstić information content (AvgIpc) is 2.31. The summed E-state index contributed by atoms with van der Waals surface area (Å²) < 4.78 is 5.35. The molecule has 5 heteroatoms. The molecule has 0 spiro atoms. The van der Waals surface area contributed by atoms with Crippen LogP contribution in [0.4, 0.5) is 0 Å². The van der Waals surface area contributed by atoms with Crippen LogP contribution in [0.5, 0.6) is 0 Å². The lowest BCUT2D eigenvalue weighted by Gasteiger charge is -2.29. The van der Waals surface area contributed by atoms with E-state index in [1.807, 2.05) is 20.8 Å². The van der Waals surface area contributed by atoms with Gasteiger partial charge in [-0.3, -0.25) is 9.69 Å². The van der Waals surface area contributed by atoms with E-state index >= 15 is 0 Å². The Hall–Kier alpha value is -0.650. The number of nitrogens with two attached hydrogens (primary N) is 1. The van der Waals surface area contributed by atoms with Gasteiger partial charge < -0.3 is 15.8 Å². The first-order valence-corrected chi connectivity index (χ1v) is 6.86. The van der Waals surface area contributed by atoms with Crippen LogP contribution in [0.2, 0.25) is 0 Å². The van der Waals surface area contributed by atoms with E-state index in [-0.39, 0.29) is 18.0 Å². The second kappa shape index (κ2) is 10.3. The largest absolute Gasteiger partial charge is 0.380 e. The molecule has 0 heterocycles. The molecule has 1 amide bonds. The molecular formula is C13H29N3O2. The van der Waals surface area contributed by atoms with Crippen LogP contribution in [0.25, 0.3) is 0 Å². The Morgan fingerprint density at radius 2 is 2.06 bits per heavy atom. The van der Waals surface area contributed by atoms with Crippen LogP contribution in [0.15, 0.2) is 0 Å². The molecule has 0 rings (SSSR count). The summed E-state index contributed by atoms with van der Waals surface area (Å²) in [5, 5.41) is 2.90. The van der Waals surface area contributed by atoms with Crippen molar-refractivity contribution in [2.24, 2.45) is 5.73 Å². The summed E-state index contributed by atoms with van der Waals surface area (Å²) in [6, 6.07) is 0.267. The SMILES string of the molecule is CCOCCN(CC)C(CN)CC(=O)NC(C)C. The van der Waals surface area contributed by atoms with E-state index in [2.05, 4.69) is 17.1 Å². The van der Waals surface area contributed by atoms with Gasteiger partial charge in [0, 0.05) is 38.2 Å². The number of carbonyl (C=O) groups excluding carboxylic acids is 1. The molecule has 0 aliphatic heterocycles. The summed E-state index contributed by atoms with van der Waals surface area (Å²) in [6.45, 7) is 11.6. The Labute approximate surface area is 111 Å². The molecule has 0 aromatic heterocycles. The lowest BCUT2D eigenvalue weighted by atomic mass is 10.1. The third kappa shape index (κ3) is 7.63. The fourth-order valence-corrected chi connectivity index (χ4v) is 1.88. The molecule has 108 valence electrons. The first-order valence-electron chi connectivity index (χ1n) is 6.86. The molecule has 0 bridgehead atoms. The van der Waals surface area contributed by atoms with Gasteiger partial charge >= 0.3 is 0 Å². The summed E-state index contributed by atoms with van der Waals surface area (Å²) in [4.78, 5) is 14.0. The molecular weight excluding hydrogens is 230 g/mol. The number of amides is 1. The quantitative estimate of drug-likeness (QED) is 0.563. The number of nitrogens with zero attached hydrogens (tertiary/aromatic N) is 1. The maximum Gasteiger partial charge on any atom is 0.221 e. The van der Waals surface area contributed by atoms with Gasteiger partial charge in [-0.25, -0.2) is 0 Å². The highest BCUT2D eigenvalue weighted by molar-refractivity contribution is 5.76. The molecule has 18 heavy (non-hydrogen) atoms. The summed E-state index contributed by atoms with van der Waals surface area (Å²) in [5.41, 5.74) is 5.77. The molecule has 5 nitrogen and oxygen atoms in total. The topological polar surface area (TPSA) is 67.6 Å². The standard InChI is InChI=1S/C13H29N3O2/c1-5-16(7-8-18-6-2)12(10-14)9-13(17)15-11(3)4/h11-12H,5-10,14H2,1-4H3,(H,15,17). The Morgan fingerprint density at radius 3 is 2.50 bits per heavy atom. The van der Waals surface area contributed by atoms with Crippen LogP contribution < -0.4 is 11.1 Å². The van der Waals surface area contributed by atoms with Crippen molar-refractivity contribution < 1.29 is 9.53 Å². The van der Waals surface area contributed by atoms with Crippen LogP contribution >= 0.6 is 0 Å². The van der Waals surface area contributed by atoms with Crippen LogP contribution in [0.1, 0.15) is 34.1 Å². The number of hydrogen-bond acceptors (Lipinski definition) is 4. The second-order valence-electron chi connectivity index (χ2n) is 4.64. The van der Waals surface area contributed by atoms with E-state index in [1.54, 1.807) is 0 Å². The van der Waals surface area contributed by atoms with Gasteiger partial charge in [0.05, 0.1) is 6.61 Å². The van der Waals surface area contributed by atoms with Crippen molar-refractivity contribution in [3.05, 3.63) is 0 Å². The van der Waals surface area contributed by atoms with E-state index < -0.39 is 0 Å². The van der Waals surface area contributed by atoms with Crippen molar-refractivity contribution in [3.63, 3.8) is 0 Å². The van der Waals surface area contributed by atoms with Crippen LogP contribution in [0, 0.1) is 0 Å². The highest BCUT2D eigenvalue weighted by Gasteiger charge is 2.19. The molecule has 1 unspecified atom stereocenters. The predicted octanol–water partition coefficient (Wildman–Crippen LogP) is 0.587. The zero-order valence-electron chi connectivity index (χ0n) is 12.2. The van der Waals surface area contributed by atoms with E-state index in [1.165, 1.54) is 0 Å². The van der Waals surface area contributed by atoms with E-state index in [0.29, 0.717) is 19.6 Å². The van der Waals surface area contributed by atoms with Gasteiger partial charge in [-0.05, 0) is 27.3 Å². The fourth-order valence-electron chi connectivity index (χ4n) is 1.88. The Kier molecular flexibility index (Phi) is 9.92. The zero-order chi connectivity index (χ0) is 14.0. The fraction of sp³-hybridized carbons (Fsp3) is 0.923. The minimum Gasteiger partial charge on any atom is -0.380 e. The van der Waals surface area contributed by atoms with Gasteiger partial charge in [0.1, 0.15) is 0 Å². The summed E-state index contributed by atoms with van der Waals surface area (Å²) in [5.74, 6) is 0.0651. The minimum absolute atomic E-state index is 0.0651. The normalized spacial score (nSPS) is 13.1. The number of carbonyl (C=O) groups is 1. The minimum atomic E-state index is 0.0651. The van der Waals surface area contributed by atoms with Crippen LogP contribution in [-0.4, -0.2) is 55.7 Å². The van der Waals surface area contributed by atoms with E-state index in [9.17, 15) is 4.79 Å². The number of likely N-dealkylation sites (N-methyl/N-ethyl adjacent to an activating group) is 1. The molecule has 0 fully saturated rings. The monoisotopic (exact) mass is 259 g/mol. The van der Waals surface area contributed by atoms with Crippen molar-refractivity contribution in [2.45, 2.75) is 46.2 Å². The van der Waals surface area contributed by atoms with Crippen LogP contribution in [0.3, 0.4) is 0 Å². The van der Waals surface area contributed by atoms with Gasteiger partial charge in [-0.15, -0.1) is 0 Å². The first-order chi connectivity index (χ1) is 8.54. The third-order valence-electron chi connectivity index (χ3n) is 2.79. The summed E-state index contributed by atoms with van der Waals surface area (Å²) in [7, 11) is 0. The lowest BCUT2D eigenvalue weighted by molar-refractivity contribution is -0.122. The summed E-state index contributed by atoms with van der Waals surface area (Å²) in [6.07, 6.45) is 0.453. The smallest absolute Gasteiger partial charge is 0.221 e. The van der Waals surface area contributed by atoms with Gasteiger partial charge in [0.25, 0.3) is 0 Å². The van der Waals surface area contributed by atoms with Gasteiger partial charge in [0.15, 0.2) is 0 Å². The molecule has 0 aromatic rings. The molecule has 0 aliphatic rings. The first kappa shape index (κ1) is 17.4. The predicted molar refractivity (Wildman–Crippen MR) is 74.5 cm³/mol. The lowest BCUT2D eigenvalue weighted by Crippen LogP contribution is -2.46. The average molecular weight is 259 g/mol. The zero-order valence-corrected chi connectivity index (χ0v) is 12.2. The number of rotatable bonds is 10. The third-order valence-corrected chi connectivity index (χ3v) is 2.79. The van der Waals surface area contributed by atoms with E-state index in [0.717, 1.165) is 19.7 Å². The molecule has 3 N–H and O–H groups in total. The Morgan fingerprint density at radius 1 is 1.39 bits per heavy atom. The van der Waals surface area contributed by atoms with Gasteiger partial charge in [0.2, 0.25) is 5.91 Å². The molecule has 0 radical (unpaired) electrons. The molecule has 1 atom stereocenters. The number of hydrogen-bond donors (Lipinski definition) is 2. The number of nitrogens with one attached hydrogen (secondary N) is 1. The van der Waals surface area contributed by atoms with Gasteiger partial charge in [-0.1, -0.05) is 6.92 Å². The van der Waals surface area contributed by atoms with Crippen molar-refractivity contribution >= 4 is 5.91 Å². The molecule has 0 saturated carbocycles. The maximum absolute atomic E-state index is 11.7. The van der Waals surface area contributed by atoms with Crippen molar-refractivity contribution in [1.29, 1.82) is 0 Å².